The summed E-state index contributed by atoms with van der Waals surface area (Å²) >= 11 is 6.46. The van der Waals surface area contributed by atoms with Gasteiger partial charge < -0.3 is 9.15 Å². The molecule has 3 aromatic rings. The molecule has 9 heteroatoms. The van der Waals surface area contributed by atoms with Gasteiger partial charge in [0.25, 0.3) is 0 Å². The molecular weight excluding hydrogens is 402 g/mol. The second-order valence-corrected chi connectivity index (χ2v) is 8.82. The first-order valence-electron chi connectivity index (χ1n) is 8.70. The van der Waals surface area contributed by atoms with E-state index in [1.807, 2.05) is 18.2 Å². The monoisotopic (exact) mass is 419 g/mol. The van der Waals surface area contributed by atoms with E-state index in [9.17, 15) is 8.42 Å². The van der Waals surface area contributed by atoms with Crippen LogP contribution in [-0.4, -0.2) is 36.4 Å². The van der Waals surface area contributed by atoms with E-state index in [1.54, 1.807) is 32.2 Å². The molecule has 1 aliphatic heterocycles. The molecule has 7 nitrogen and oxygen atoms in total. The Kier molecular flexibility index (Phi) is 4.76. The van der Waals surface area contributed by atoms with Crippen molar-refractivity contribution in [2.24, 2.45) is 5.10 Å². The van der Waals surface area contributed by atoms with Gasteiger partial charge in [0.15, 0.2) is 0 Å². The summed E-state index contributed by atoms with van der Waals surface area (Å²) in [7, 11) is -2.02. The molecule has 2 aromatic heterocycles. The van der Waals surface area contributed by atoms with E-state index in [2.05, 4.69) is 10.1 Å². The molecule has 4 rings (SSSR count). The number of pyridine rings is 1. The van der Waals surface area contributed by atoms with Gasteiger partial charge in [-0.3, -0.25) is 0 Å². The van der Waals surface area contributed by atoms with Crippen LogP contribution < -0.4 is 4.74 Å². The lowest BCUT2D eigenvalue weighted by Crippen LogP contribution is -2.28. The summed E-state index contributed by atoms with van der Waals surface area (Å²) in [5.41, 5.74) is 1.82. The average molecular weight is 420 g/mol. The van der Waals surface area contributed by atoms with Gasteiger partial charge in [-0.25, -0.2) is 13.4 Å². The minimum atomic E-state index is -3.60. The zero-order valence-electron chi connectivity index (χ0n) is 15.3. The molecule has 0 amide bonds. The van der Waals surface area contributed by atoms with Crippen molar-refractivity contribution in [3.05, 3.63) is 59.1 Å². The average Bonchev–Trinajstić information content (AvgIpc) is 3.36. The molecule has 0 saturated carbocycles. The number of hydrogen-bond acceptors (Lipinski definition) is 6. The molecule has 3 heterocycles. The van der Waals surface area contributed by atoms with Crippen LogP contribution >= 0.6 is 11.6 Å². The number of nitrogens with zero attached hydrogens (tertiary/aromatic N) is 3. The summed E-state index contributed by atoms with van der Waals surface area (Å²) in [5, 5.41) is 5.41. The highest BCUT2D eigenvalue weighted by molar-refractivity contribution is 7.89. The van der Waals surface area contributed by atoms with Crippen LogP contribution in [0.25, 0.3) is 10.9 Å². The molecule has 1 aromatic carbocycles. The number of halogens is 1. The molecule has 1 aliphatic rings. The lowest BCUT2D eigenvalue weighted by molar-refractivity contribution is 0.372. The molecule has 0 N–H and O–H groups in total. The van der Waals surface area contributed by atoms with Crippen LogP contribution in [0.2, 0.25) is 5.15 Å². The third kappa shape index (κ3) is 3.22. The molecule has 0 spiro atoms. The maximum Gasteiger partial charge on any atom is 0.250 e. The normalized spacial score (nSPS) is 17.2. The quantitative estimate of drug-likeness (QED) is 0.583. The first-order valence-corrected chi connectivity index (χ1v) is 10.7. The summed E-state index contributed by atoms with van der Waals surface area (Å²) in [6.07, 6.45) is 1.87. The van der Waals surface area contributed by atoms with E-state index in [0.29, 0.717) is 34.7 Å². The van der Waals surface area contributed by atoms with Crippen LogP contribution in [0.3, 0.4) is 0 Å². The molecule has 1 unspecified atom stereocenters. The van der Waals surface area contributed by atoms with E-state index in [0.717, 1.165) is 9.80 Å². The SMILES string of the molecule is CCS(=O)(=O)N1N=C(c2ccco2)CC1c1cc2ccc(OC)cc2nc1Cl. The predicted molar refractivity (Wildman–Crippen MR) is 107 cm³/mol. The van der Waals surface area contributed by atoms with Crippen molar-refractivity contribution in [3.8, 4) is 5.75 Å². The molecule has 0 fully saturated rings. The van der Waals surface area contributed by atoms with Gasteiger partial charge in [0.1, 0.15) is 22.4 Å². The number of aromatic nitrogens is 1. The summed E-state index contributed by atoms with van der Waals surface area (Å²) < 4.78 is 37.1. The molecule has 0 saturated heterocycles. The Morgan fingerprint density at radius 1 is 1.32 bits per heavy atom. The standard InChI is InChI=1S/C19H18ClN3O4S/c1-3-28(24,25)23-17(11-16(22-23)18-5-4-8-27-18)14-9-12-6-7-13(26-2)10-15(12)21-19(14)20/h4-10,17H,3,11H2,1-2H3. The van der Waals surface area contributed by atoms with Gasteiger partial charge in [0.2, 0.25) is 10.0 Å². The Balaban J connectivity index is 1.81. The number of ether oxygens (including phenoxy) is 1. The second kappa shape index (κ2) is 7.10. The van der Waals surface area contributed by atoms with Crippen LogP contribution in [0.5, 0.6) is 5.75 Å². The van der Waals surface area contributed by atoms with Crippen molar-refractivity contribution in [1.29, 1.82) is 0 Å². The van der Waals surface area contributed by atoms with Gasteiger partial charge in [0.05, 0.1) is 30.7 Å². The number of fused-ring (bicyclic) bond motifs is 1. The Morgan fingerprint density at radius 3 is 2.82 bits per heavy atom. The first kappa shape index (κ1) is 18.8. The number of rotatable bonds is 5. The van der Waals surface area contributed by atoms with Crippen molar-refractivity contribution in [3.63, 3.8) is 0 Å². The van der Waals surface area contributed by atoms with Gasteiger partial charge in [0, 0.05) is 23.4 Å². The third-order valence-electron chi connectivity index (χ3n) is 4.69. The third-order valence-corrected chi connectivity index (χ3v) is 6.63. The van der Waals surface area contributed by atoms with E-state index in [4.69, 9.17) is 20.8 Å². The lowest BCUT2D eigenvalue weighted by Gasteiger charge is -2.23. The minimum Gasteiger partial charge on any atom is -0.497 e. The number of furan rings is 1. The summed E-state index contributed by atoms with van der Waals surface area (Å²) in [5.74, 6) is 1.13. The van der Waals surface area contributed by atoms with Crippen LogP contribution in [0.15, 0.2) is 52.2 Å². The van der Waals surface area contributed by atoms with Crippen LogP contribution in [-0.2, 0) is 10.0 Å². The van der Waals surface area contributed by atoms with Gasteiger partial charge in [-0.1, -0.05) is 11.6 Å². The molecule has 146 valence electrons. The molecule has 1 atom stereocenters. The number of hydrazone groups is 1. The number of sulfonamides is 1. The summed E-state index contributed by atoms with van der Waals surface area (Å²) in [6, 6.07) is 10.2. The lowest BCUT2D eigenvalue weighted by atomic mass is 10.0. The fraction of sp³-hybridized carbons (Fsp3) is 0.263. The number of methoxy groups -OCH3 is 1. The highest BCUT2D eigenvalue weighted by Crippen LogP contribution is 2.39. The van der Waals surface area contributed by atoms with Crippen LogP contribution in [0.4, 0.5) is 0 Å². The van der Waals surface area contributed by atoms with Crippen LogP contribution in [0, 0.1) is 0 Å². The van der Waals surface area contributed by atoms with Gasteiger partial charge in [-0.2, -0.15) is 9.52 Å². The first-order chi connectivity index (χ1) is 13.4. The number of benzene rings is 1. The fourth-order valence-electron chi connectivity index (χ4n) is 3.20. The van der Waals surface area contributed by atoms with Crippen molar-refractivity contribution >= 4 is 38.2 Å². The van der Waals surface area contributed by atoms with E-state index >= 15 is 0 Å². The maximum atomic E-state index is 12.7. The highest BCUT2D eigenvalue weighted by Gasteiger charge is 2.38. The van der Waals surface area contributed by atoms with Gasteiger partial charge in [-0.05, 0) is 37.3 Å². The van der Waals surface area contributed by atoms with Crippen molar-refractivity contribution in [2.75, 3.05) is 12.9 Å². The van der Waals surface area contributed by atoms with E-state index in [1.165, 1.54) is 6.26 Å². The molecule has 28 heavy (non-hydrogen) atoms. The number of hydrogen-bond donors (Lipinski definition) is 0. The highest BCUT2D eigenvalue weighted by atomic mass is 35.5. The molecule has 0 radical (unpaired) electrons. The zero-order chi connectivity index (χ0) is 19.9. The summed E-state index contributed by atoms with van der Waals surface area (Å²) in [6.45, 7) is 1.58. The predicted octanol–water partition coefficient (Wildman–Crippen LogP) is 3.99. The van der Waals surface area contributed by atoms with E-state index in [-0.39, 0.29) is 10.9 Å². The molecule has 0 aliphatic carbocycles. The Hall–Kier alpha value is -2.58. The minimum absolute atomic E-state index is 0.0751. The van der Waals surface area contributed by atoms with Crippen molar-refractivity contribution in [1.82, 2.24) is 9.40 Å². The smallest absolute Gasteiger partial charge is 0.250 e. The Morgan fingerprint density at radius 2 is 2.14 bits per heavy atom. The molecule has 0 bridgehead atoms. The van der Waals surface area contributed by atoms with E-state index < -0.39 is 16.1 Å². The van der Waals surface area contributed by atoms with Crippen LogP contribution in [0.1, 0.15) is 30.7 Å². The van der Waals surface area contributed by atoms with Gasteiger partial charge >= 0.3 is 0 Å². The largest absolute Gasteiger partial charge is 0.497 e. The van der Waals surface area contributed by atoms with Crippen molar-refractivity contribution in [2.45, 2.75) is 19.4 Å². The fourth-order valence-corrected chi connectivity index (χ4v) is 4.54. The van der Waals surface area contributed by atoms with Gasteiger partial charge in [-0.15, -0.1) is 0 Å². The topological polar surface area (TPSA) is 85.0 Å². The Bertz CT molecular complexity index is 1160. The Labute approximate surface area is 167 Å². The maximum absolute atomic E-state index is 12.7. The zero-order valence-corrected chi connectivity index (χ0v) is 16.9. The molecular formula is C19H18ClN3O4S. The van der Waals surface area contributed by atoms with Crippen molar-refractivity contribution < 1.29 is 17.6 Å². The summed E-state index contributed by atoms with van der Waals surface area (Å²) in [4.78, 5) is 4.45. The second-order valence-electron chi connectivity index (χ2n) is 6.34.